The number of nitrogens with zero attached hydrogens (tertiary/aromatic N) is 1. The highest BCUT2D eigenvalue weighted by molar-refractivity contribution is 6.02. The maximum absolute atomic E-state index is 12.8. The van der Waals surface area contributed by atoms with Gasteiger partial charge < -0.3 is 0 Å². The lowest BCUT2D eigenvalue weighted by Gasteiger charge is -2.25. The molecule has 1 fully saturated rings. The highest BCUT2D eigenvalue weighted by Gasteiger charge is 2.39. The van der Waals surface area contributed by atoms with Crippen molar-refractivity contribution in [2.75, 3.05) is 0 Å². The van der Waals surface area contributed by atoms with E-state index in [1.807, 2.05) is 30.3 Å². The smallest absolute Gasteiger partial charge is 0.170 e. The minimum absolute atomic E-state index is 0.121. The largest absolute Gasteiger partial charge is 0.293 e. The summed E-state index contributed by atoms with van der Waals surface area (Å²) in [5.74, 6) is 0.297. The van der Waals surface area contributed by atoms with Crippen LogP contribution in [-0.4, -0.2) is 10.8 Å². The fourth-order valence-electron chi connectivity index (χ4n) is 3.29. The number of carbonyl (C=O) groups is 1. The molecule has 1 heterocycles. The van der Waals surface area contributed by atoms with Crippen molar-refractivity contribution in [2.24, 2.45) is 5.41 Å². The van der Waals surface area contributed by atoms with Crippen molar-refractivity contribution in [3.63, 3.8) is 0 Å². The minimum atomic E-state index is -0.121. The standard InChI is InChI=1S/C17H19NO/c1-2-17(9-5-6-10-17)16(19)14-11-13-7-3-4-8-15(13)18-12-14/h3-4,7-8,11-12H,2,5-6,9-10H2,1H3. The molecule has 0 N–H and O–H groups in total. The van der Waals surface area contributed by atoms with Gasteiger partial charge in [0.2, 0.25) is 0 Å². The van der Waals surface area contributed by atoms with Crippen molar-refractivity contribution in [3.05, 3.63) is 42.1 Å². The van der Waals surface area contributed by atoms with E-state index < -0.39 is 0 Å². The molecule has 0 radical (unpaired) electrons. The van der Waals surface area contributed by atoms with E-state index in [-0.39, 0.29) is 5.41 Å². The number of benzene rings is 1. The van der Waals surface area contributed by atoms with Crippen LogP contribution < -0.4 is 0 Å². The number of rotatable bonds is 3. The first-order chi connectivity index (χ1) is 9.25. The molecule has 2 nitrogen and oxygen atoms in total. The number of para-hydroxylation sites is 1. The van der Waals surface area contributed by atoms with Crippen molar-refractivity contribution >= 4 is 16.7 Å². The predicted molar refractivity (Wildman–Crippen MR) is 77.3 cm³/mol. The van der Waals surface area contributed by atoms with E-state index in [1.54, 1.807) is 6.20 Å². The van der Waals surface area contributed by atoms with Gasteiger partial charge in [0.15, 0.2) is 5.78 Å². The van der Waals surface area contributed by atoms with Gasteiger partial charge in [0.05, 0.1) is 5.52 Å². The molecule has 0 atom stereocenters. The SMILES string of the molecule is CCC1(C(=O)c2cnc3ccccc3c2)CCCC1. The molecule has 1 aromatic heterocycles. The number of pyridine rings is 1. The Morgan fingerprint density at radius 2 is 2.00 bits per heavy atom. The van der Waals surface area contributed by atoms with Gasteiger partial charge in [-0.3, -0.25) is 9.78 Å². The van der Waals surface area contributed by atoms with Gasteiger partial charge in [-0.1, -0.05) is 38.0 Å². The molecule has 0 aliphatic heterocycles. The Morgan fingerprint density at radius 1 is 1.26 bits per heavy atom. The van der Waals surface area contributed by atoms with E-state index in [1.165, 1.54) is 12.8 Å². The highest BCUT2D eigenvalue weighted by atomic mass is 16.1. The molecule has 98 valence electrons. The molecular weight excluding hydrogens is 234 g/mol. The van der Waals surface area contributed by atoms with Crippen LogP contribution in [0.2, 0.25) is 0 Å². The number of Topliss-reactive ketones (excluding diaryl/α,β-unsaturated/α-hetero) is 1. The first-order valence-corrected chi connectivity index (χ1v) is 7.15. The third kappa shape index (κ3) is 2.05. The van der Waals surface area contributed by atoms with Crippen LogP contribution in [0.15, 0.2) is 36.5 Å². The maximum atomic E-state index is 12.8. The van der Waals surface area contributed by atoms with Crippen molar-refractivity contribution in [1.82, 2.24) is 4.98 Å². The summed E-state index contributed by atoms with van der Waals surface area (Å²) < 4.78 is 0. The summed E-state index contributed by atoms with van der Waals surface area (Å²) in [4.78, 5) is 17.2. The first kappa shape index (κ1) is 12.3. The zero-order chi connectivity index (χ0) is 13.3. The Balaban J connectivity index is 2.01. The Hall–Kier alpha value is -1.70. The summed E-state index contributed by atoms with van der Waals surface area (Å²) in [7, 11) is 0. The molecule has 0 spiro atoms. The quantitative estimate of drug-likeness (QED) is 0.759. The minimum Gasteiger partial charge on any atom is -0.293 e. The Kier molecular flexibility index (Phi) is 3.09. The molecule has 0 amide bonds. The normalized spacial score (nSPS) is 17.7. The van der Waals surface area contributed by atoms with E-state index in [9.17, 15) is 4.79 Å². The van der Waals surface area contributed by atoms with Crippen LogP contribution in [0.4, 0.5) is 0 Å². The van der Waals surface area contributed by atoms with E-state index in [0.717, 1.165) is 35.7 Å². The fraction of sp³-hybridized carbons (Fsp3) is 0.412. The summed E-state index contributed by atoms with van der Waals surface area (Å²) in [5, 5.41) is 1.05. The maximum Gasteiger partial charge on any atom is 0.170 e. The molecule has 1 aromatic carbocycles. The molecule has 1 aliphatic carbocycles. The summed E-state index contributed by atoms with van der Waals surface area (Å²) >= 11 is 0. The van der Waals surface area contributed by atoms with Crippen LogP contribution in [0.3, 0.4) is 0 Å². The molecule has 19 heavy (non-hydrogen) atoms. The number of hydrogen-bond acceptors (Lipinski definition) is 2. The number of hydrogen-bond donors (Lipinski definition) is 0. The van der Waals surface area contributed by atoms with E-state index in [4.69, 9.17) is 0 Å². The van der Waals surface area contributed by atoms with Gasteiger partial charge >= 0.3 is 0 Å². The van der Waals surface area contributed by atoms with Crippen LogP contribution in [-0.2, 0) is 0 Å². The van der Waals surface area contributed by atoms with Gasteiger partial charge in [-0.05, 0) is 31.4 Å². The highest BCUT2D eigenvalue weighted by Crippen LogP contribution is 2.43. The first-order valence-electron chi connectivity index (χ1n) is 7.15. The number of ketones is 1. The predicted octanol–water partition coefficient (Wildman–Crippen LogP) is 4.39. The molecule has 1 aliphatic rings. The second-order valence-electron chi connectivity index (χ2n) is 5.59. The van der Waals surface area contributed by atoms with Gasteiger partial charge in [-0.2, -0.15) is 0 Å². The average molecular weight is 253 g/mol. The summed E-state index contributed by atoms with van der Waals surface area (Å²) in [6.45, 7) is 2.14. The number of fused-ring (bicyclic) bond motifs is 1. The van der Waals surface area contributed by atoms with E-state index >= 15 is 0 Å². The van der Waals surface area contributed by atoms with Crippen molar-refractivity contribution in [1.29, 1.82) is 0 Å². The molecule has 0 saturated heterocycles. The Bertz CT molecular complexity index is 611. The summed E-state index contributed by atoms with van der Waals surface area (Å²) in [6, 6.07) is 9.96. The van der Waals surface area contributed by atoms with Crippen LogP contribution in [0.5, 0.6) is 0 Å². The molecule has 3 rings (SSSR count). The second kappa shape index (κ2) is 4.76. The molecule has 1 saturated carbocycles. The van der Waals surface area contributed by atoms with Crippen LogP contribution in [0, 0.1) is 5.41 Å². The Morgan fingerprint density at radius 3 is 2.74 bits per heavy atom. The Labute approximate surface area is 113 Å². The number of aromatic nitrogens is 1. The van der Waals surface area contributed by atoms with E-state index in [2.05, 4.69) is 11.9 Å². The lowest BCUT2D eigenvalue weighted by molar-refractivity contribution is 0.0791. The van der Waals surface area contributed by atoms with Crippen molar-refractivity contribution < 1.29 is 4.79 Å². The van der Waals surface area contributed by atoms with Crippen LogP contribution >= 0.6 is 0 Å². The van der Waals surface area contributed by atoms with Crippen LogP contribution in [0.25, 0.3) is 10.9 Å². The van der Waals surface area contributed by atoms with Crippen LogP contribution in [0.1, 0.15) is 49.4 Å². The molecule has 2 aromatic rings. The van der Waals surface area contributed by atoms with Gasteiger partial charge in [0, 0.05) is 22.6 Å². The zero-order valence-corrected chi connectivity index (χ0v) is 11.4. The fourth-order valence-corrected chi connectivity index (χ4v) is 3.29. The van der Waals surface area contributed by atoms with Gasteiger partial charge in [0.25, 0.3) is 0 Å². The summed E-state index contributed by atoms with van der Waals surface area (Å²) in [5.41, 5.74) is 1.61. The average Bonchev–Trinajstić information content (AvgIpc) is 2.96. The van der Waals surface area contributed by atoms with Gasteiger partial charge in [-0.25, -0.2) is 0 Å². The number of carbonyl (C=O) groups excluding carboxylic acids is 1. The second-order valence-corrected chi connectivity index (χ2v) is 5.59. The molecule has 2 heteroatoms. The summed E-state index contributed by atoms with van der Waals surface area (Å²) in [6.07, 6.45) is 7.13. The van der Waals surface area contributed by atoms with E-state index in [0.29, 0.717) is 5.78 Å². The topological polar surface area (TPSA) is 30.0 Å². The van der Waals surface area contributed by atoms with Crippen molar-refractivity contribution in [3.8, 4) is 0 Å². The van der Waals surface area contributed by atoms with Gasteiger partial charge in [-0.15, -0.1) is 0 Å². The lowest BCUT2D eigenvalue weighted by atomic mass is 9.77. The molecule has 0 bridgehead atoms. The lowest BCUT2D eigenvalue weighted by Crippen LogP contribution is -2.27. The zero-order valence-electron chi connectivity index (χ0n) is 11.4. The molecule has 0 unspecified atom stereocenters. The molecular formula is C17H19NO. The van der Waals surface area contributed by atoms with Crippen molar-refractivity contribution in [2.45, 2.75) is 39.0 Å². The third-order valence-electron chi connectivity index (χ3n) is 4.57. The monoisotopic (exact) mass is 253 g/mol. The third-order valence-corrected chi connectivity index (χ3v) is 4.57. The van der Waals surface area contributed by atoms with Gasteiger partial charge in [0.1, 0.15) is 0 Å².